The van der Waals surface area contributed by atoms with Gasteiger partial charge in [0, 0.05) is 17.1 Å². The first-order valence-electron chi connectivity index (χ1n) is 10.1. The summed E-state index contributed by atoms with van der Waals surface area (Å²) in [6.45, 7) is 0.266. The summed E-state index contributed by atoms with van der Waals surface area (Å²) in [4.78, 5) is 25.0. The van der Waals surface area contributed by atoms with Crippen molar-refractivity contribution >= 4 is 44.9 Å². The van der Waals surface area contributed by atoms with Crippen LogP contribution in [-0.4, -0.2) is 33.9 Å². The van der Waals surface area contributed by atoms with E-state index < -0.39 is 21.9 Å². The van der Waals surface area contributed by atoms with E-state index in [1.54, 1.807) is 18.2 Å². The number of ether oxygens (including phenoxy) is 1. The molecule has 0 aliphatic carbocycles. The normalized spacial score (nSPS) is 12.6. The molecule has 34 heavy (non-hydrogen) atoms. The minimum absolute atomic E-state index is 0.00557. The van der Waals surface area contributed by atoms with Crippen molar-refractivity contribution in [2.75, 3.05) is 23.3 Å². The number of hydrogen-bond donors (Lipinski definition) is 1. The third-order valence-electron chi connectivity index (χ3n) is 5.38. The van der Waals surface area contributed by atoms with Gasteiger partial charge in [0.2, 0.25) is 0 Å². The molecule has 1 N–H and O–H groups in total. The number of nitriles is 1. The third-order valence-corrected chi connectivity index (χ3v) is 7.43. The van der Waals surface area contributed by atoms with Gasteiger partial charge in [-0.1, -0.05) is 17.7 Å². The van der Waals surface area contributed by atoms with E-state index in [1.165, 1.54) is 53.9 Å². The van der Waals surface area contributed by atoms with E-state index in [2.05, 4.69) is 5.32 Å². The van der Waals surface area contributed by atoms with Gasteiger partial charge in [0.05, 0.1) is 40.6 Å². The fourth-order valence-corrected chi connectivity index (χ4v) is 5.46. The van der Waals surface area contributed by atoms with Crippen LogP contribution in [0.2, 0.25) is 5.02 Å². The molecule has 10 heteroatoms. The maximum absolute atomic E-state index is 13.3. The number of amides is 1. The Morgan fingerprint density at radius 3 is 2.65 bits per heavy atom. The number of methoxy groups -OCH3 is 1. The number of carbonyl (C=O) groups is 2. The van der Waals surface area contributed by atoms with E-state index in [0.717, 1.165) is 5.56 Å². The minimum Gasteiger partial charge on any atom is -0.465 e. The van der Waals surface area contributed by atoms with Crippen LogP contribution in [0.4, 0.5) is 11.4 Å². The van der Waals surface area contributed by atoms with Crippen LogP contribution in [0.5, 0.6) is 0 Å². The van der Waals surface area contributed by atoms with Crippen LogP contribution in [-0.2, 0) is 21.2 Å². The maximum atomic E-state index is 13.3. The molecule has 0 aromatic heterocycles. The fraction of sp³-hybridized carbons (Fsp3) is 0.125. The van der Waals surface area contributed by atoms with Crippen LogP contribution in [0.1, 0.15) is 31.8 Å². The van der Waals surface area contributed by atoms with Crippen molar-refractivity contribution in [3.63, 3.8) is 0 Å². The van der Waals surface area contributed by atoms with Crippen molar-refractivity contribution in [3.05, 3.63) is 87.9 Å². The predicted octanol–water partition coefficient (Wildman–Crippen LogP) is 4.00. The number of anilines is 2. The Labute approximate surface area is 201 Å². The van der Waals surface area contributed by atoms with Gasteiger partial charge in [-0.15, -0.1) is 0 Å². The Morgan fingerprint density at radius 1 is 1.12 bits per heavy atom. The highest BCUT2D eigenvalue weighted by molar-refractivity contribution is 7.92. The Kier molecular flexibility index (Phi) is 6.28. The van der Waals surface area contributed by atoms with Gasteiger partial charge in [0.25, 0.3) is 15.9 Å². The lowest BCUT2D eigenvalue weighted by atomic mass is 10.1. The maximum Gasteiger partial charge on any atom is 0.340 e. The van der Waals surface area contributed by atoms with Crippen molar-refractivity contribution in [2.45, 2.75) is 11.3 Å². The number of halogens is 1. The predicted molar refractivity (Wildman–Crippen MR) is 127 cm³/mol. The molecule has 3 aromatic rings. The van der Waals surface area contributed by atoms with Gasteiger partial charge in [-0.05, 0) is 66.6 Å². The second kappa shape index (κ2) is 9.17. The monoisotopic (exact) mass is 495 g/mol. The van der Waals surface area contributed by atoms with Gasteiger partial charge in [-0.3, -0.25) is 9.10 Å². The summed E-state index contributed by atoms with van der Waals surface area (Å²) in [6, 6.07) is 16.8. The second-order valence-electron chi connectivity index (χ2n) is 7.45. The van der Waals surface area contributed by atoms with Crippen LogP contribution in [0.15, 0.2) is 65.6 Å². The largest absolute Gasteiger partial charge is 0.465 e. The molecule has 0 fully saturated rings. The molecule has 1 heterocycles. The highest BCUT2D eigenvalue weighted by atomic mass is 35.5. The molecule has 1 aliphatic heterocycles. The number of carbonyl (C=O) groups excluding carboxylic acids is 2. The summed E-state index contributed by atoms with van der Waals surface area (Å²) in [7, 11) is -2.74. The van der Waals surface area contributed by atoms with Gasteiger partial charge < -0.3 is 10.1 Å². The topological polar surface area (TPSA) is 117 Å². The first-order valence-corrected chi connectivity index (χ1v) is 11.9. The zero-order valence-corrected chi connectivity index (χ0v) is 19.5. The molecular formula is C24H18ClN3O5S. The Balaban J connectivity index is 1.63. The number of sulfonamides is 1. The average molecular weight is 496 g/mol. The number of rotatable bonds is 5. The Bertz CT molecular complexity index is 1460. The molecule has 8 nitrogen and oxygen atoms in total. The van der Waals surface area contributed by atoms with Crippen LogP contribution >= 0.6 is 11.6 Å². The number of hydrogen-bond acceptors (Lipinski definition) is 6. The lowest BCUT2D eigenvalue weighted by molar-refractivity contribution is 0.0602. The van der Waals surface area contributed by atoms with E-state index in [1.807, 2.05) is 6.07 Å². The lowest BCUT2D eigenvalue weighted by Crippen LogP contribution is -2.29. The van der Waals surface area contributed by atoms with Gasteiger partial charge in [0.1, 0.15) is 0 Å². The summed E-state index contributed by atoms with van der Waals surface area (Å²) < 4.78 is 32.7. The molecule has 0 saturated carbocycles. The van der Waals surface area contributed by atoms with Gasteiger partial charge in [-0.25, -0.2) is 13.2 Å². The van der Waals surface area contributed by atoms with Crippen molar-refractivity contribution < 1.29 is 22.7 Å². The zero-order chi connectivity index (χ0) is 24.5. The molecule has 172 valence electrons. The molecule has 4 rings (SSSR count). The molecule has 1 amide bonds. The third kappa shape index (κ3) is 4.33. The Hall–Kier alpha value is -3.87. The van der Waals surface area contributed by atoms with Crippen LogP contribution in [0.3, 0.4) is 0 Å². The Morgan fingerprint density at radius 2 is 1.91 bits per heavy atom. The highest BCUT2D eigenvalue weighted by Crippen LogP contribution is 2.34. The number of fused-ring (bicyclic) bond motifs is 1. The molecular weight excluding hydrogens is 478 g/mol. The smallest absolute Gasteiger partial charge is 0.340 e. The number of nitrogens with one attached hydrogen (secondary N) is 1. The molecule has 1 aliphatic rings. The van der Waals surface area contributed by atoms with Gasteiger partial charge in [0.15, 0.2) is 0 Å². The molecule has 0 radical (unpaired) electrons. The highest BCUT2D eigenvalue weighted by Gasteiger charge is 2.31. The van der Waals surface area contributed by atoms with Crippen molar-refractivity contribution in [2.24, 2.45) is 0 Å². The van der Waals surface area contributed by atoms with Crippen LogP contribution in [0.25, 0.3) is 0 Å². The summed E-state index contributed by atoms with van der Waals surface area (Å²) in [5, 5.41) is 12.2. The first kappa shape index (κ1) is 23.3. The minimum atomic E-state index is -3.93. The number of nitrogens with zero attached hydrogens (tertiary/aromatic N) is 2. The van der Waals surface area contributed by atoms with Gasteiger partial charge >= 0.3 is 5.97 Å². The summed E-state index contributed by atoms with van der Waals surface area (Å²) in [6.07, 6.45) is 0.532. The standard InChI is InChI=1S/C24H18ClN3O5S/c1-33-24(30)20-11-15(14-26)5-7-21(20)27-23(29)17-3-2-4-19(13-17)34(31,32)28-10-9-16-12-18(25)6-8-22(16)28/h2-8,11-13H,9-10H2,1H3,(H,27,29). The van der Waals surface area contributed by atoms with E-state index in [4.69, 9.17) is 21.6 Å². The molecule has 0 atom stereocenters. The summed E-state index contributed by atoms with van der Waals surface area (Å²) in [5.41, 5.74) is 1.83. The zero-order valence-electron chi connectivity index (χ0n) is 17.9. The second-order valence-corrected chi connectivity index (χ2v) is 9.74. The van der Waals surface area contributed by atoms with E-state index in [0.29, 0.717) is 17.1 Å². The number of esters is 1. The molecule has 0 bridgehead atoms. The summed E-state index contributed by atoms with van der Waals surface area (Å²) >= 11 is 6.02. The van der Waals surface area contributed by atoms with Crippen molar-refractivity contribution in [3.8, 4) is 6.07 Å². The van der Waals surface area contributed by atoms with Crippen molar-refractivity contribution in [1.29, 1.82) is 5.26 Å². The molecule has 0 saturated heterocycles. The van der Waals surface area contributed by atoms with Gasteiger partial charge in [-0.2, -0.15) is 5.26 Å². The van der Waals surface area contributed by atoms with E-state index in [9.17, 15) is 18.0 Å². The molecule has 3 aromatic carbocycles. The van der Waals surface area contributed by atoms with Crippen LogP contribution < -0.4 is 9.62 Å². The van der Waals surface area contributed by atoms with Crippen molar-refractivity contribution in [1.82, 2.24) is 0 Å². The average Bonchev–Trinajstić information content (AvgIpc) is 3.27. The van der Waals surface area contributed by atoms with E-state index >= 15 is 0 Å². The number of benzene rings is 3. The quantitative estimate of drug-likeness (QED) is 0.535. The SMILES string of the molecule is COC(=O)c1cc(C#N)ccc1NC(=O)c1cccc(S(=O)(=O)N2CCc3cc(Cl)ccc32)c1. The fourth-order valence-electron chi connectivity index (χ4n) is 3.71. The van der Waals surface area contributed by atoms with Crippen LogP contribution in [0, 0.1) is 11.3 Å². The molecule has 0 unspecified atom stereocenters. The first-order chi connectivity index (χ1) is 16.2. The lowest BCUT2D eigenvalue weighted by Gasteiger charge is -2.20. The molecule has 0 spiro atoms. The summed E-state index contributed by atoms with van der Waals surface area (Å²) in [5.74, 6) is -1.35. The van der Waals surface area contributed by atoms with E-state index in [-0.39, 0.29) is 33.8 Å².